The van der Waals surface area contributed by atoms with E-state index in [9.17, 15) is 4.79 Å². The second-order valence-electron chi connectivity index (χ2n) is 4.90. The standard InChI is InChI=1S/C14H21N3O.ClHO4/c1-4-16(5-2)10-11-17-13-9-7-6-8-12(13)15(3)14(17)18;2-1(3,4)5/h6-9H,4-5,10-11H2,1-3H3;(H,2,3,4,5). The fourth-order valence-electron chi connectivity index (χ4n) is 2.36. The van der Waals surface area contributed by atoms with Crippen LogP contribution in [0.4, 0.5) is 0 Å². The zero-order valence-corrected chi connectivity index (χ0v) is 14.2. The van der Waals surface area contributed by atoms with E-state index in [-0.39, 0.29) is 5.69 Å². The Hall–Kier alpha value is -1.42. The first-order chi connectivity index (χ1) is 10.7. The molecule has 0 saturated carbocycles. The summed E-state index contributed by atoms with van der Waals surface area (Å²) in [4.78, 5) is 14.5. The molecule has 9 heteroatoms. The molecule has 130 valence electrons. The van der Waals surface area contributed by atoms with Crippen molar-refractivity contribution in [1.29, 1.82) is 0 Å². The molecular formula is C14H22ClN3O5. The second kappa shape index (κ2) is 8.44. The van der Waals surface area contributed by atoms with Gasteiger partial charge in [0.05, 0.1) is 25.9 Å². The minimum atomic E-state index is -4.69. The molecule has 0 saturated heterocycles. The molecule has 0 amide bonds. The molecule has 1 aromatic carbocycles. The van der Waals surface area contributed by atoms with Crippen molar-refractivity contribution in [2.75, 3.05) is 19.6 Å². The molecule has 2 aromatic rings. The molecule has 0 spiro atoms. The fraction of sp³-hybridized carbons (Fsp3) is 0.500. The van der Waals surface area contributed by atoms with Gasteiger partial charge in [0.25, 0.3) is 0 Å². The van der Waals surface area contributed by atoms with Crippen LogP contribution in [0.3, 0.4) is 0 Å². The van der Waals surface area contributed by atoms with Crippen LogP contribution < -0.4 is 19.7 Å². The molecule has 23 heavy (non-hydrogen) atoms. The quantitative estimate of drug-likeness (QED) is 0.641. The van der Waals surface area contributed by atoms with Gasteiger partial charge in [0.2, 0.25) is 0 Å². The van der Waals surface area contributed by atoms with Crippen LogP contribution in [-0.4, -0.2) is 38.3 Å². The number of halogens is 1. The van der Waals surface area contributed by atoms with E-state index in [0.29, 0.717) is 0 Å². The zero-order chi connectivity index (χ0) is 17.6. The van der Waals surface area contributed by atoms with Gasteiger partial charge < -0.3 is 4.90 Å². The number of imidazole rings is 1. The van der Waals surface area contributed by atoms with Crippen molar-refractivity contribution >= 4 is 11.0 Å². The number of likely N-dealkylation sites (N-methyl/N-ethyl adjacent to an activating group) is 1. The summed E-state index contributed by atoms with van der Waals surface area (Å²) in [6.45, 7) is 8.01. The van der Waals surface area contributed by atoms with Gasteiger partial charge in [0.15, 0.2) is 0 Å². The van der Waals surface area contributed by atoms with Crippen LogP contribution in [-0.2, 0) is 13.6 Å². The maximum atomic E-state index is 12.2. The minimum absolute atomic E-state index is 0.0726. The van der Waals surface area contributed by atoms with Gasteiger partial charge in [-0.25, -0.2) is 4.79 Å². The highest BCUT2D eigenvalue weighted by molar-refractivity contribution is 5.75. The van der Waals surface area contributed by atoms with Gasteiger partial charge in [-0.1, -0.05) is 26.0 Å². The van der Waals surface area contributed by atoms with Crippen molar-refractivity contribution < 1.29 is 28.9 Å². The molecule has 8 nitrogen and oxygen atoms in total. The fourth-order valence-corrected chi connectivity index (χ4v) is 2.36. The molecule has 0 fully saturated rings. The Kier molecular flexibility index (Phi) is 7.20. The maximum Gasteiger partial charge on any atom is 0.328 e. The number of rotatable bonds is 5. The predicted molar refractivity (Wildman–Crippen MR) is 77.2 cm³/mol. The van der Waals surface area contributed by atoms with E-state index < -0.39 is 10.2 Å². The summed E-state index contributed by atoms with van der Waals surface area (Å²) in [5.41, 5.74) is 2.10. The zero-order valence-electron chi connectivity index (χ0n) is 13.4. The third kappa shape index (κ3) is 5.94. The molecule has 1 N–H and O–H groups in total. The number of benzene rings is 1. The summed E-state index contributed by atoms with van der Waals surface area (Å²) in [6, 6.07) is 7.95. The van der Waals surface area contributed by atoms with Gasteiger partial charge in [-0.05, 0) is 25.2 Å². The molecule has 0 atom stereocenters. The number of nitrogens with zero attached hydrogens (tertiary/aromatic N) is 3. The van der Waals surface area contributed by atoms with E-state index in [0.717, 1.165) is 37.2 Å². The minimum Gasteiger partial charge on any atom is -0.302 e. The number of hydrogen-bond acceptors (Lipinski definition) is 6. The lowest BCUT2D eigenvalue weighted by molar-refractivity contribution is -1.92. The second-order valence-corrected chi connectivity index (χ2v) is 5.70. The molecule has 0 unspecified atom stereocenters. The summed E-state index contributed by atoms with van der Waals surface area (Å²) in [5.74, 6) is 0. The molecule has 1 aromatic heterocycles. The first-order valence-corrected chi connectivity index (χ1v) is 8.45. The average molecular weight is 348 g/mol. The van der Waals surface area contributed by atoms with Crippen LogP contribution in [0.15, 0.2) is 29.1 Å². The molecule has 0 aliphatic heterocycles. The van der Waals surface area contributed by atoms with E-state index >= 15 is 0 Å². The lowest BCUT2D eigenvalue weighted by Crippen LogP contribution is -2.58. The van der Waals surface area contributed by atoms with Crippen molar-refractivity contribution in [1.82, 2.24) is 14.0 Å². The van der Waals surface area contributed by atoms with Crippen molar-refractivity contribution in [2.24, 2.45) is 7.05 Å². The average Bonchev–Trinajstić information content (AvgIpc) is 2.72. The third-order valence-electron chi connectivity index (χ3n) is 3.59. The van der Waals surface area contributed by atoms with Gasteiger partial charge >= 0.3 is 5.69 Å². The van der Waals surface area contributed by atoms with E-state index in [1.54, 1.807) is 4.57 Å². The van der Waals surface area contributed by atoms with Crippen molar-refractivity contribution in [3.8, 4) is 0 Å². The van der Waals surface area contributed by atoms with Crippen LogP contribution >= 0.6 is 0 Å². The Morgan fingerprint density at radius 2 is 1.61 bits per heavy atom. The Morgan fingerprint density at radius 3 is 2.09 bits per heavy atom. The van der Waals surface area contributed by atoms with E-state index in [1.165, 1.54) is 0 Å². The van der Waals surface area contributed by atoms with Gasteiger partial charge in [-0.2, -0.15) is 14.0 Å². The topological polar surface area (TPSA) is 120 Å². The number of aromatic nitrogens is 2. The summed E-state index contributed by atoms with van der Waals surface area (Å²) < 4.78 is 36.3. The van der Waals surface area contributed by atoms with Crippen molar-refractivity contribution in [2.45, 2.75) is 20.4 Å². The molecule has 0 radical (unpaired) electrons. The molecule has 1 heterocycles. The SMILES string of the molecule is CCN(CC)CCn1c(=O)n(C)c2ccccc21.[O-][Cl+3]([O-])([O-])O. The van der Waals surface area contributed by atoms with Gasteiger partial charge in [0, 0.05) is 20.1 Å². The number of para-hydroxylation sites is 2. The van der Waals surface area contributed by atoms with Crippen LogP contribution in [0.2, 0.25) is 0 Å². The summed E-state index contributed by atoms with van der Waals surface area (Å²) in [5, 5.41) is 0. The van der Waals surface area contributed by atoms with Gasteiger partial charge in [-0.3, -0.25) is 9.13 Å². The summed E-state index contributed by atoms with van der Waals surface area (Å²) >= 11 is 0. The Labute approximate surface area is 136 Å². The predicted octanol–water partition coefficient (Wildman–Crippen LogP) is -2.44. The van der Waals surface area contributed by atoms with Crippen LogP contribution in [0.25, 0.3) is 11.0 Å². The molecule has 0 bridgehead atoms. The molecule has 0 aliphatic rings. The maximum absolute atomic E-state index is 12.2. The number of aryl methyl sites for hydroxylation is 1. The van der Waals surface area contributed by atoms with Crippen LogP contribution in [0, 0.1) is 10.2 Å². The normalized spacial score (nSPS) is 11.7. The lowest BCUT2D eigenvalue weighted by atomic mass is 10.3. The molecule has 0 aliphatic carbocycles. The lowest BCUT2D eigenvalue weighted by Gasteiger charge is -2.17. The monoisotopic (exact) mass is 347 g/mol. The summed E-state index contributed by atoms with van der Waals surface area (Å²) in [6.07, 6.45) is 0. The molecular weight excluding hydrogens is 326 g/mol. The Balaban J connectivity index is 0.000000463. The number of fused-ring (bicyclic) bond motifs is 1. The van der Waals surface area contributed by atoms with E-state index in [4.69, 9.17) is 18.6 Å². The smallest absolute Gasteiger partial charge is 0.302 e. The largest absolute Gasteiger partial charge is 0.328 e. The Morgan fingerprint density at radius 1 is 1.13 bits per heavy atom. The van der Waals surface area contributed by atoms with Crippen molar-refractivity contribution in [3.63, 3.8) is 0 Å². The highest BCUT2D eigenvalue weighted by Gasteiger charge is 2.10. The third-order valence-corrected chi connectivity index (χ3v) is 3.59. The van der Waals surface area contributed by atoms with Crippen LogP contribution in [0.1, 0.15) is 13.8 Å². The van der Waals surface area contributed by atoms with Crippen LogP contribution in [0.5, 0.6) is 0 Å². The van der Waals surface area contributed by atoms with E-state index in [2.05, 4.69) is 18.7 Å². The van der Waals surface area contributed by atoms with Gasteiger partial charge in [0.1, 0.15) is 0 Å². The highest BCUT2D eigenvalue weighted by Crippen LogP contribution is 2.11. The number of hydrogen-bond donors (Lipinski definition) is 1. The van der Waals surface area contributed by atoms with E-state index in [1.807, 2.05) is 35.9 Å². The Bertz CT molecular complexity index is 667. The first-order valence-electron chi connectivity index (χ1n) is 7.18. The summed E-state index contributed by atoms with van der Waals surface area (Å²) in [7, 11) is -2.86. The van der Waals surface area contributed by atoms with Crippen molar-refractivity contribution in [3.05, 3.63) is 34.7 Å². The van der Waals surface area contributed by atoms with Gasteiger partial charge in [-0.15, -0.1) is 0 Å². The molecule has 2 rings (SSSR count). The highest BCUT2D eigenvalue weighted by atomic mass is 35.7. The first kappa shape index (κ1) is 19.6.